The van der Waals surface area contributed by atoms with Crippen molar-refractivity contribution in [3.05, 3.63) is 11.1 Å². The van der Waals surface area contributed by atoms with Crippen molar-refractivity contribution in [1.82, 2.24) is 0 Å². The number of carbonyl (C=O) groups is 2. The standard InChI is InChI=1S/C28H52O4/c1-5-9-11-13-15-17-19-21-23-25(27(29)31-7-3)26(28(30)32-8-4)24-22-20-18-16-14-12-10-6-2/h5-24H2,1-4H3. The van der Waals surface area contributed by atoms with E-state index in [1.165, 1.54) is 77.0 Å². The van der Waals surface area contributed by atoms with Crippen molar-refractivity contribution in [2.45, 2.75) is 143 Å². The minimum absolute atomic E-state index is 0.327. The largest absolute Gasteiger partial charge is 0.463 e. The molecule has 0 rings (SSSR count). The van der Waals surface area contributed by atoms with Crippen LogP contribution < -0.4 is 0 Å². The van der Waals surface area contributed by atoms with Gasteiger partial charge in [0.1, 0.15) is 0 Å². The molecule has 0 radical (unpaired) electrons. The van der Waals surface area contributed by atoms with Crippen LogP contribution in [0.15, 0.2) is 11.1 Å². The van der Waals surface area contributed by atoms with Gasteiger partial charge in [0.25, 0.3) is 0 Å². The second-order valence-corrected chi connectivity index (χ2v) is 8.85. The predicted octanol–water partition coefficient (Wildman–Crippen LogP) is 8.47. The van der Waals surface area contributed by atoms with Crippen molar-refractivity contribution in [2.24, 2.45) is 0 Å². The van der Waals surface area contributed by atoms with Gasteiger partial charge in [-0.05, 0) is 39.5 Å². The Morgan fingerprint density at radius 3 is 1.00 bits per heavy atom. The first-order valence-electron chi connectivity index (χ1n) is 13.7. The molecule has 0 spiro atoms. The summed E-state index contributed by atoms with van der Waals surface area (Å²) in [6.07, 6.45) is 20.5. The molecule has 32 heavy (non-hydrogen) atoms. The van der Waals surface area contributed by atoms with Crippen LogP contribution in [0.2, 0.25) is 0 Å². The summed E-state index contributed by atoms with van der Waals surface area (Å²) in [5.41, 5.74) is 1.11. The van der Waals surface area contributed by atoms with Gasteiger partial charge in [-0.3, -0.25) is 0 Å². The first-order chi connectivity index (χ1) is 15.6. The van der Waals surface area contributed by atoms with Gasteiger partial charge in [-0.2, -0.15) is 0 Å². The molecule has 0 amide bonds. The highest BCUT2D eigenvalue weighted by atomic mass is 16.5. The zero-order chi connectivity index (χ0) is 23.9. The molecule has 0 aliphatic carbocycles. The lowest BCUT2D eigenvalue weighted by Gasteiger charge is -2.14. The molecule has 0 aliphatic rings. The number of esters is 2. The van der Waals surface area contributed by atoms with E-state index in [2.05, 4.69) is 13.8 Å². The van der Waals surface area contributed by atoms with Crippen molar-refractivity contribution >= 4 is 11.9 Å². The lowest BCUT2D eigenvalue weighted by atomic mass is 9.96. The van der Waals surface area contributed by atoms with Crippen molar-refractivity contribution in [3.8, 4) is 0 Å². The van der Waals surface area contributed by atoms with Crippen LogP contribution in [0.1, 0.15) is 143 Å². The van der Waals surface area contributed by atoms with Gasteiger partial charge in [0.15, 0.2) is 0 Å². The van der Waals surface area contributed by atoms with E-state index in [-0.39, 0.29) is 11.9 Å². The Bertz CT molecular complexity index is 452. The first-order valence-corrected chi connectivity index (χ1v) is 13.7. The molecule has 0 heterocycles. The van der Waals surface area contributed by atoms with E-state index in [0.717, 1.165) is 25.7 Å². The Morgan fingerprint density at radius 1 is 0.438 bits per heavy atom. The molecule has 188 valence electrons. The Kier molecular flexibility index (Phi) is 21.9. The molecule has 0 aromatic rings. The number of hydrogen-bond acceptors (Lipinski definition) is 4. The third-order valence-corrected chi connectivity index (χ3v) is 5.97. The molecular formula is C28H52O4. The zero-order valence-electron chi connectivity index (χ0n) is 21.8. The number of carbonyl (C=O) groups excluding carboxylic acids is 2. The normalized spacial score (nSPS) is 11.9. The smallest absolute Gasteiger partial charge is 0.334 e. The fourth-order valence-corrected chi connectivity index (χ4v) is 4.06. The molecule has 0 saturated carbocycles. The molecule has 0 atom stereocenters. The van der Waals surface area contributed by atoms with Gasteiger partial charge >= 0.3 is 11.9 Å². The number of ether oxygens (including phenoxy) is 2. The van der Waals surface area contributed by atoms with Crippen molar-refractivity contribution in [2.75, 3.05) is 13.2 Å². The van der Waals surface area contributed by atoms with E-state index in [0.29, 0.717) is 37.2 Å². The van der Waals surface area contributed by atoms with E-state index in [1.54, 1.807) is 0 Å². The first kappa shape index (κ1) is 30.7. The Labute approximate surface area is 198 Å². The van der Waals surface area contributed by atoms with Gasteiger partial charge in [-0.1, -0.05) is 104 Å². The van der Waals surface area contributed by atoms with Crippen molar-refractivity contribution in [3.63, 3.8) is 0 Å². The quantitative estimate of drug-likeness (QED) is 0.0938. The predicted molar refractivity (Wildman–Crippen MR) is 135 cm³/mol. The molecule has 0 bridgehead atoms. The molecule has 4 heteroatoms. The van der Waals surface area contributed by atoms with Crippen LogP contribution >= 0.6 is 0 Å². The summed E-state index contributed by atoms with van der Waals surface area (Å²) in [5.74, 6) is -0.670. The van der Waals surface area contributed by atoms with Crippen LogP contribution in [-0.2, 0) is 19.1 Å². The van der Waals surface area contributed by atoms with E-state index < -0.39 is 0 Å². The van der Waals surface area contributed by atoms with Crippen LogP contribution in [0.4, 0.5) is 0 Å². The molecule has 0 unspecified atom stereocenters. The number of hydrogen-bond donors (Lipinski definition) is 0. The average Bonchev–Trinajstić information content (AvgIpc) is 2.78. The second-order valence-electron chi connectivity index (χ2n) is 8.85. The number of rotatable bonds is 22. The molecule has 0 aromatic carbocycles. The Morgan fingerprint density at radius 2 is 0.719 bits per heavy atom. The van der Waals surface area contributed by atoms with Crippen LogP contribution in [0.25, 0.3) is 0 Å². The topological polar surface area (TPSA) is 52.6 Å². The minimum atomic E-state index is -0.335. The summed E-state index contributed by atoms with van der Waals surface area (Å²) in [5, 5.41) is 0. The summed E-state index contributed by atoms with van der Waals surface area (Å²) >= 11 is 0. The lowest BCUT2D eigenvalue weighted by Crippen LogP contribution is -2.17. The maximum atomic E-state index is 12.7. The summed E-state index contributed by atoms with van der Waals surface area (Å²) in [7, 11) is 0. The summed E-state index contributed by atoms with van der Waals surface area (Å²) in [6, 6.07) is 0. The monoisotopic (exact) mass is 452 g/mol. The van der Waals surface area contributed by atoms with Crippen LogP contribution in [0.5, 0.6) is 0 Å². The summed E-state index contributed by atoms with van der Waals surface area (Å²) < 4.78 is 10.6. The maximum Gasteiger partial charge on any atom is 0.334 e. The van der Waals surface area contributed by atoms with E-state index in [1.807, 2.05) is 13.8 Å². The van der Waals surface area contributed by atoms with Crippen molar-refractivity contribution < 1.29 is 19.1 Å². The molecule has 0 aliphatic heterocycles. The van der Waals surface area contributed by atoms with E-state index >= 15 is 0 Å². The zero-order valence-corrected chi connectivity index (χ0v) is 21.8. The molecule has 4 nitrogen and oxygen atoms in total. The summed E-state index contributed by atoms with van der Waals surface area (Å²) in [6.45, 7) is 8.75. The molecular weight excluding hydrogens is 400 g/mol. The van der Waals surface area contributed by atoms with E-state index in [9.17, 15) is 9.59 Å². The third kappa shape index (κ3) is 16.3. The third-order valence-electron chi connectivity index (χ3n) is 5.97. The van der Waals surface area contributed by atoms with Gasteiger partial charge in [0, 0.05) is 11.1 Å². The lowest BCUT2D eigenvalue weighted by molar-refractivity contribution is -0.142. The molecule has 0 fully saturated rings. The summed E-state index contributed by atoms with van der Waals surface area (Å²) in [4.78, 5) is 25.4. The Hall–Kier alpha value is -1.32. The van der Waals surface area contributed by atoms with Gasteiger partial charge in [0.2, 0.25) is 0 Å². The average molecular weight is 453 g/mol. The van der Waals surface area contributed by atoms with E-state index in [4.69, 9.17) is 9.47 Å². The van der Waals surface area contributed by atoms with Gasteiger partial charge < -0.3 is 9.47 Å². The highest BCUT2D eigenvalue weighted by Gasteiger charge is 2.22. The highest BCUT2D eigenvalue weighted by molar-refractivity contribution is 6.00. The SMILES string of the molecule is CCCCCCCCCCC(C(=O)OCC)=C(CCCCCCCCCC)C(=O)OCC. The number of unbranched alkanes of at least 4 members (excludes halogenated alkanes) is 14. The van der Waals surface area contributed by atoms with Gasteiger partial charge in [0.05, 0.1) is 13.2 Å². The highest BCUT2D eigenvalue weighted by Crippen LogP contribution is 2.23. The fraction of sp³-hybridized carbons (Fsp3) is 0.857. The van der Waals surface area contributed by atoms with Gasteiger partial charge in [-0.15, -0.1) is 0 Å². The van der Waals surface area contributed by atoms with Crippen LogP contribution in [-0.4, -0.2) is 25.2 Å². The fourth-order valence-electron chi connectivity index (χ4n) is 4.06. The molecule has 0 N–H and O–H groups in total. The van der Waals surface area contributed by atoms with Gasteiger partial charge in [-0.25, -0.2) is 9.59 Å². The second kappa shape index (κ2) is 22.9. The minimum Gasteiger partial charge on any atom is -0.463 e. The maximum absolute atomic E-state index is 12.7. The Balaban J connectivity index is 4.82. The van der Waals surface area contributed by atoms with Crippen LogP contribution in [0, 0.1) is 0 Å². The van der Waals surface area contributed by atoms with Crippen molar-refractivity contribution in [1.29, 1.82) is 0 Å². The molecule has 0 aromatic heterocycles. The molecule has 0 saturated heterocycles. The van der Waals surface area contributed by atoms with Crippen LogP contribution in [0.3, 0.4) is 0 Å².